The Labute approximate surface area is 124 Å². The second-order valence-electron chi connectivity index (χ2n) is 5.73. The molecule has 0 spiro atoms. The van der Waals surface area contributed by atoms with Crippen molar-refractivity contribution in [2.75, 3.05) is 20.3 Å². The minimum atomic E-state index is -0.0757. The Morgan fingerprint density at radius 2 is 2.38 bits per heavy atom. The Morgan fingerprint density at radius 1 is 1.52 bits per heavy atom. The van der Waals surface area contributed by atoms with Crippen molar-refractivity contribution in [3.05, 3.63) is 29.6 Å². The van der Waals surface area contributed by atoms with Crippen LogP contribution in [-0.2, 0) is 17.7 Å². The molecular weight excluding hydrogens is 266 g/mol. The van der Waals surface area contributed by atoms with Gasteiger partial charge in [0.1, 0.15) is 5.82 Å². The molecule has 1 amide bonds. The quantitative estimate of drug-likeness (QED) is 0.875. The molecule has 0 unspecified atom stereocenters. The molecule has 3 rings (SSSR count). The smallest absolute Gasteiger partial charge is 0.251 e. The normalized spacial score (nSPS) is 17.7. The van der Waals surface area contributed by atoms with Crippen molar-refractivity contribution in [3.8, 4) is 0 Å². The molecule has 112 valence electrons. The van der Waals surface area contributed by atoms with E-state index < -0.39 is 0 Å². The number of benzene rings is 1. The number of imidazole rings is 1. The van der Waals surface area contributed by atoms with Crippen molar-refractivity contribution in [2.45, 2.75) is 26.3 Å². The molecule has 0 saturated heterocycles. The number of rotatable bonds is 4. The summed E-state index contributed by atoms with van der Waals surface area (Å²) in [6, 6.07) is 5.76. The summed E-state index contributed by atoms with van der Waals surface area (Å²) in [4.78, 5) is 16.8. The lowest BCUT2D eigenvalue weighted by atomic mass is 10.0. The second-order valence-corrected chi connectivity index (χ2v) is 5.73. The van der Waals surface area contributed by atoms with Crippen molar-refractivity contribution in [1.82, 2.24) is 14.9 Å². The molecule has 1 aliphatic rings. The van der Waals surface area contributed by atoms with E-state index in [1.807, 2.05) is 18.2 Å². The Kier molecular flexibility index (Phi) is 3.92. The highest BCUT2D eigenvalue weighted by atomic mass is 16.5. The van der Waals surface area contributed by atoms with E-state index in [0.717, 1.165) is 29.8 Å². The lowest BCUT2D eigenvalue weighted by molar-refractivity contribution is 0.0937. The Balaban J connectivity index is 1.85. The molecule has 0 saturated carbocycles. The van der Waals surface area contributed by atoms with Crippen molar-refractivity contribution >= 4 is 16.9 Å². The lowest BCUT2D eigenvalue weighted by Gasteiger charge is -2.19. The van der Waals surface area contributed by atoms with Crippen LogP contribution in [0.15, 0.2) is 18.2 Å². The second kappa shape index (κ2) is 5.85. The number of aryl methyl sites for hydroxylation is 1. The first kappa shape index (κ1) is 14.1. The SMILES string of the molecule is COCCNC(=O)c1ccc2c(c1)nc1n2CC[C@@H](C)C1. The van der Waals surface area contributed by atoms with Crippen LogP contribution < -0.4 is 5.32 Å². The highest BCUT2D eigenvalue weighted by Crippen LogP contribution is 2.25. The maximum absolute atomic E-state index is 12.1. The molecule has 2 heterocycles. The third-order valence-electron chi connectivity index (χ3n) is 4.06. The monoisotopic (exact) mass is 287 g/mol. The first-order valence-electron chi connectivity index (χ1n) is 7.45. The summed E-state index contributed by atoms with van der Waals surface area (Å²) in [6.45, 7) is 4.32. The average Bonchev–Trinajstić information content (AvgIpc) is 2.83. The predicted molar refractivity (Wildman–Crippen MR) is 81.4 cm³/mol. The third-order valence-corrected chi connectivity index (χ3v) is 4.06. The summed E-state index contributed by atoms with van der Waals surface area (Å²) >= 11 is 0. The van der Waals surface area contributed by atoms with E-state index >= 15 is 0 Å². The number of fused-ring (bicyclic) bond motifs is 3. The van der Waals surface area contributed by atoms with Gasteiger partial charge in [0.2, 0.25) is 0 Å². The summed E-state index contributed by atoms with van der Waals surface area (Å²) in [7, 11) is 1.62. The zero-order valence-electron chi connectivity index (χ0n) is 12.6. The molecule has 1 atom stereocenters. The number of methoxy groups -OCH3 is 1. The van der Waals surface area contributed by atoms with Gasteiger partial charge in [0.15, 0.2) is 0 Å². The van der Waals surface area contributed by atoms with Crippen LogP contribution >= 0.6 is 0 Å². The molecule has 21 heavy (non-hydrogen) atoms. The summed E-state index contributed by atoms with van der Waals surface area (Å²) in [6.07, 6.45) is 2.21. The molecule has 1 aliphatic heterocycles. The van der Waals surface area contributed by atoms with Gasteiger partial charge in [0.05, 0.1) is 17.6 Å². The summed E-state index contributed by atoms with van der Waals surface area (Å²) in [5.41, 5.74) is 2.70. The molecule has 5 nitrogen and oxygen atoms in total. The highest BCUT2D eigenvalue weighted by Gasteiger charge is 2.19. The van der Waals surface area contributed by atoms with Crippen LogP contribution in [0.5, 0.6) is 0 Å². The zero-order valence-corrected chi connectivity index (χ0v) is 12.6. The van der Waals surface area contributed by atoms with Gasteiger partial charge in [-0.05, 0) is 30.5 Å². The number of ether oxygens (including phenoxy) is 1. The van der Waals surface area contributed by atoms with Crippen LogP contribution in [0.25, 0.3) is 11.0 Å². The van der Waals surface area contributed by atoms with E-state index in [2.05, 4.69) is 16.8 Å². The van der Waals surface area contributed by atoms with Crippen molar-refractivity contribution in [3.63, 3.8) is 0 Å². The van der Waals surface area contributed by atoms with Gasteiger partial charge in [-0.25, -0.2) is 4.98 Å². The van der Waals surface area contributed by atoms with Gasteiger partial charge in [0.25, 0.3) is 5.91 Å². The minimum Gasteiger partial charge on any atom is -0.383 e. The molecule has 1 N–H and O–H groups in total. The number of carbonyl (C=O) groups is 1. The maximum atomic E-state index is 12.1. The third kappa shape index (κ3) is 2.78. The standard InChI is InChI=1S/C16H21N3O2/c1-11-5-7-19-14-4-3-12(16(20)17-6-8-21-2)10-13(14)18-15(19)9-11/h3-4,10-11H,5-9H2,1-2H3,(H,17,20)/t11-/m1/s1. The number of aromatic nitrogens is 2. The van der Waals surface area contributed by atoms with Gasteiger partial charge in [-0.1, -0.05) is 6.92 Å². The van der Waals surface area contributed by atoms with Crippen LogP contribution in [0, 0.1) is 5.92 Å². The molecule has 0 aliphatic carbocycles. The molecular formula is C16H21N3O2. The van der Waals surface area contributed by atoms with Crippen LogP contribution in [0.2, 0.25) is 0 Å². The number of hydrogen-bond donors (Lipinski definition) is 1. The fourth-order valence-electron chi connectivity index (χ4n) is 2.86. The molecule has 5 heteroatoms. The molecule has 0 radical (unpaired) electrons. The number of carbonyl (C=O) groups excluding carboxylic acids is 1. The van der Waals surface area contributed by atoms with Crippen LogP contribution in [-0.4, -0.2) is 35.7 Å². The van der Waals surface area contributed by atoms with Crippen molar-refractivity contribution in [2.24, 2.45) is 5.92 Å². The van der Waals surface area contributed by atoms with E-state index in [4.69, 9.17) is 9.72 Å². The number of nitrogens with zero attached hydrogens (tertiary/aromatic N) is 2. The number of amides is 1. The topological polar surface area (TPSA) is 56.1 Å². The van der Waals surface area contributed by atoms with Gasteiger partial charge >= 0.3 is 0 Å². The Hall–Kier alpha value is -1.88. The summed E-state index contributed by atoms with van der Waals surface area (Å²) < 4.78 is 7.21. The first-order valence-corrected chi connectivity index (χ1v) is 7.45. The molecule has 1 aromatic carbocycles. The van der Waals surface area contributed by atoms with Gasteiger partial charge in [-0.3, -0.25) is 4.79 Å². The van der Waals surface area contributed by atoms with Crippen LogP contribution in [0.3, 0.4) is 0 Å². The van der Waals surface area contributed by atoms with Crippen molar-refractivity contribution in [1.29, 1.82) is 0 Å². The van der Waals surface area contributed by atoms with E-state index in [-0.39, 0.29) is 5.91 Å². The maximum Gasteiger partial charge on any atom is 0.251 e. The average molecular weight is 287 g/mol. The van der Waals surface area contributed by atoms with Gasteiger partial charge in [-0.15, -0.1) is 0 Å². The molecule has 0 fully saturated rings. The van der Waals surface area contributed by atoms with Crippen LogP contribution in [0.1, 0.15) is 29.5 Å². The molecule has 0 bridgehead atoms. The molecule has 2 aromatic rings. The fraction of sp³-hybridized carbons (Fsp3) is 0.500. The number of hydrogen-bond acceptors (Lipinski definition) is 3. The summed E-state index contributed by atoms with van der Waals surface area (Å²) in [5, 5.41) is 2.83. The fourth-order valence-corrected chi connectivity index (χ4v) is 2.86. The largest absolute Gasteiger partial charge is 0.383 e. The predicted octanol–water partition coefficient (Wildman–Crippen LogP) is 1.99. The lowest BCUT2D eigenvalue weighted by Crippen LogP contribution is -2.26. The van der Waals surface area contributed by atoms with Gasteiger partial charge in [-0.2, -0.15) is 0 Å². The van der Waals surface area contributed by atoms with E-state index in [0.29, 0.717) is 24.6 Å². The minimum absolute atomic E-state index is 0.0757. The molecule has 1 aromatic heterocycles. The number of nitrogens with one attached hydrogen (secondary N) is 1. The van der Waals surface area contributed by atoms with E-state index in [9.17, 15) is 4.79 Å². The summed E-state index contributed by atoms with van der Waals surface area (Å²) in [5.74, 6) is 1.75. The van der Waals surface area contributed by atoms with E-state index in [1.54, 1.807) is 7.11 Å². The van der Waals surface area contributed by atoms with Gasteiger partial charge < -0.3 is 14.6 Å². The van der Waals surface area contributed by atoms with Gasteiger partial charge in [0, 0.05) is 32.2 Å². The first-order chi connectivity index (χ1) is 10.2. The zero-order chi connectivity index (χ0) is 14.8. The van der Waals surface area contributed by atoms with Crippen LogP contribution in [0.4, 0.5) is 0 Å². The highest BCUT2D eigenvalue weighted by molar-refractivity contribution is 5.97. The Bertz CT molecular complexity index is 663. The van der Waals surface area contributed by atoms with Crippen molar-refractivity contribution < 1.29 is 9.53 Å². The Morgan fingerprint density at radius 3 is 3.19 bits per heavy atom. The van der Waals surface area contributed by atoms with E-state index in [1.165, 1.54) is 6.42 Å².